The zero-order chi connectivity index (χ0) is 26.8. The van der Waals surface area contributed by atoms with Crippen LogP contribution in [0, 0.1) is 0 Å². The van der Waals surface area contributed by atoms with Gasteiger partial charge < -0.3 is 20.1 Å². The molecule has 0 unspecified atom stereocenters. The van der Waals surface area contributed by atoms with E-state index >= 15 is 0 Å². The smallest absolute Gasteiger partial charge is 0.410 e. The van der Waals surface area contributed by atoms with Crippen LogP contribution in [0.1, 0.15) is 12.8 Å². The predicted octanol–water partition coefficient (Wildman–Crippen LogP) is 1.07. The van der Waals surface area contributed by atoms with Crippen molar-refractivity contribution in [1.82, 2.24) is 10.6 Å². The first-order chi connectivity index (χ1) is 17.3. The van der Waals surface area contributed by atoms with Gasteiger partial charge in [0.25, 0.3) is 0 Å². The Balaban J connectivity index is 1.33. The molecule has 12 nitrogen and oxygen atoms in total. The van der Waals surface area contributed by atoms with E-state index in [4.69, 9.17) is 9.47 Å². The third-order valence-electron chi connectivity index (χ3n) is 5.80. The number of hydrogen-bond donors (Lipinski definition) is 2. The quantitative estimate of drug-likeness (QED) is 0.508. The minimum atomic E-state index is -3.94. The van der Waals surface area contributed by atoms with Gasteiger partial charge in [-0.15, -0.1) is 0 Å². The molecule has 200 valence electrons. The molecule has 0 bridgehead atoms. The zero-order valence-electron chi connectivity index (χ0n) is 19.3. The Morgan fingerprint density at radius 2 is 1.03 bits per heavy atom. The van der Waals surface area contributed by atoms with Gasteiger partial charge in [-0.2, -0.15) is 0 Å². The maximum Gasteiger partial charge on any atom is 0.412 e. The summed E-state index contributed by atoms with van der Waals surface area (Å²) in [5, 5.41) is 4.94. The second kappa shape index (κ2) is 10.3. The largest absolute Gasteiger partial charge is 0.412 e. The monoisotopic (exact) mass is 572 g/mol. The van der Waals surface area contributed by atoms with Gasteiger partial charge >= 0.3 is 12.2 Å². The van der Waals surface area contributed by atoms with Crippen LogP contribution in [0.4, 0.5) is 9.59 Å². The van der Waals surface area contributed by atoms with Crippen LogP contribution >= 0.6 is 0 Å². The standard InChI is InChI=1S/C22H24N2O10S3/c25-21(23-15-9-11-35(27,28)13-15)33-17-1-5-19(6-2-17)37(31,32)20-7-3-18(4-8-20)34-22(26)24-16-10-12-36(29,30)14-16/h1-8,15-16H,9-14H2,(H,23,25)(H,24,26)/t15-,16-/m1/s1. The van der Waals surface area contributed by atoms with E-state index in [1.165, 1.54) is 48.5 Å². The molecule has 2 N–H and O–H groups in total. The summed E-state index contributed by atoms with van der Waals surface area (Å²) >= 11 is 0. The molecule has 2 saturated heterocycles. The van der Waals surface area contributed by atoms with Crippen LogP contribution in [-0.4, -0.2) is 72.5 Å². The van der Waals surface area contributed by atoms with Gasteiger partial charge in [0, 0.05) is 12.1 Å². The summed E-state index contributed by atoms with van der Waals surface area (Å²) in [5.41, 5.74) is 0. The summed E-state index contributed by atoms with van der Waals surface area (Å²) in [4.78, 5) is 23.9. The highest BCUT2D eigenvalue weighted by molar-refractivity contribution is 7.92. The van der Waals surface area contributed by atoms with E-state index in [-0.39, 0.29) is 44.3 Å². The highest BCUT2D eigenvalue weighted by Crippen LogP contribution is 2.25. The molecule has 2 aromatic rings. The van der Waals surface area contributed by atoms with Crippen molar-refractivity contribution in [2.45, 2.75) is 34.7 Å². The summed E-state index contributed by atoms with van der Waals surface area (Å²) in [6, 6.07) is 9.13. The molecule has 0 aromatic heterocycles. The molecule has 0 radical (unpaired) electrons. The van der Waals surface area contributed by atoms with E-state index in [0.29, 0.717) is 12.8 Å². The molecule has 37 heavy (non-hydrogen) atoms. The average molecular weight is 573 g/mol. The highest BCUT2D eigenvalue weighted by Gasteiger charge is 2.30. The van der Waals surface area contributed by atoms with E-state index in [1.807, 2.05) is 0 Å². The second-order valence-electron chi connectivity index (χ2n) is 8.71. The lowest BCUT2D eigenvalue weighted by atomic mass is 10.3. The van der Waals surface area contributed by atoms with Crippen molar-refractivity contribution in [2.75, 3.05) is 23.0 Å². The maximum atomic E-state index is 12.9. The second-order valence-corrected chi connectivity index (χ2v) is 15.1. The molecule has 2 aliphatic rings. The number of benzene rings is 2. The number of rotatable bonds is 6. The minimum absolute atomic E-state index is 0.00229. The fraction of sp³-hybridized carbons (Fsp3) is 0.364. The van der Waals surface area contributed by atoms with Gasteiger partial charge in [-0.3, -0.25) is 0 Å². The number of amides is 2. The Hall–Kier alpha value is -3.17. The van der Waals surface area contributed by atoms with Crippen molar-refractivity contribution in [1.29, 1.82) is 0 Å². The number of nitrogens with one attached hydrogen (secondary N) is 2. The maximum absolute atomic E-state index is 12.9. The molecule has 2 atom stereocenters. The van der Waals surface area contributed by atoms with Crippen molar-refractivity contribution >= 4 is 41.7 Å². The van der Waals surface area contributed by atoms with Crippen molar-refractivity contribution in [2.24, 2.45) is 0 Å². The van der Waals surface area contributed by atoms with Crippen LogP contribution in [0.15, 0.2) is 58.3 Å². The SMILES string of the molecule is O=C(N[C@@H]1CCS(=O)(=O)C1)Oc1ccc(S(=O)(=O)c2ccc(OC(=O)N[C@@H]3CCS(=O)(=O)C3)cc2)cc1. The Morgan fingerprint density at radius 1 is 0.676 bits per heavy atom. The molecule has 2 amide bonds. The topological polar surface area (TPSA) is 179 Å². The minimum Gasteiger partial charge on any atom is -0.410 e. The summed E-state index contributed by atoms with van der Waals surface area (Å²) in [7, 11) is -10.3. The predicted molar refractivity (Wildman–Crippen MR) is 131 cm³/mol. The van der Waals surface area contributed by atoms with Gasteiger partial charge in [-0.05, 0) is 61.4 Å². The normalized spacial score (nSPS) is 22.2. The first-order valence-corrected chi connectivity index (χ1v) is 16.3. The molecule has 4 rings (SSSR count). The molecule has 2 aromatic carbocycles. The molecule has 0 spiro atoms. The fourth-order valence-electron chi connectivity index (χ4n) is 3.93. The Bertz CT molecular complexity index is 1390. The summed E-state index contributed by atoms with van der Waals surface area (Å²) < 4.78 is 82.0. The van der Waals surface area contributed by atoms with Crippen molar-refractivity contribution in [3.05, 3.63) is 48.5 Å². The first kappa shape index (κ1) is 26.9. The Kier molecular flexibility index (Phi) is 7.48. The molecule has 0 aliphatic carbocycles. The van der Waals surface area contributed by atoms with Gasteiger partial charge in [-0.25, -0.2) is 34.8 Å². The van der Waals surface area contributed by atoms with Crippen molar-refractivity contribution in [3.63, 3.8) is 0 Å². The summed E-state index contributed by atoms with van der Waals surface area (Å²) in [6.45, 7) is 0. The van der Waals surface area contributed by atoms with Gasteiger partial charge in [0.2, 0.25) is 9.84 Å². The van der Waals surface area contributed by atoms with Crippen molar-refractivity contribution < 1.29 is 44.3 Å². The molecular weight excluding hydrogens is 548 g/mol. The van der Waals surface area contributed by atoms with Crippen LogP contribution in [0.3, 0.4) is 0 Å². The molecular formula is C22H24N2O10S3. The Labute approximate surface area is 214 Å². The van der Waals surface area contributed by atoms with Gasteiger partial charge in [0.1, 0.15) is 11.5 Å². The number of ether oxygens (including phenoxy) is 2. The number of carbonyl (C=O) groups excluding carboxylic acids is 2. The first-order valence-electron chi connectivity index (χ1n) is 11.1. The van der Waals surface area contributed by atoms with Gasteiger partial charge in [0.15, 0.2) is 19.7 Å². The van der Waals surface area contributed by atoms with Crippen molar-refractivity contribution in [3.8, 4) is 11.5 Å². The average Bonchev–Trinajstić information content (AvgIpc) is 3.33. The van der Waals surface area contributed by atoms with Gasteiger partial charge in [-0.1, -0.05) is 0 Å². The molecule has 2 fully saturated rings. The van der Waals surface area contributed by atoms with E-state index in [2.05, 4.69) is 10.6 Å². The van der Waals surface area contributed by atoms with E-state index in [1.54, 1.807) is 0 Å². The lowest BCUT2D eigenvalue weighted by Gasteiger charge is -2.12. The lowest BCUT2D eigenvalue weighted by molar-refractivity contribution is 0.196. The number of hydrogen-bond acceptors (Lipinski definition) is 10. The third kappa shape index (κ3) is 6.99. The third-order valence-corrected chi connectivity index (χ3v) is 11.1. The summed E-state index contributed by atoms with van der Waals surface area (Å²) in [5.74, 6) is -0.170. The van der Waals surface area contributed by atoms with Crippen LogP contribution in [0.5, 0.6) is 11.5 Å². The molecule has 0 saturated carbocycles. The lowest BCUT2D eigenvalue weighted by Crippen LogP contribution is -2.37. The van der Waals surface area contributed by atoms with Crippen LogP contribution in [0.2, 0.25) is 0 Å². The number of carbonyl (C=O) groups is 2. The Morgan fingerprint density at radius 3 is 1.32 bits per heavy atom. The molecule has 2 aliphatic heterocycles. The van der Waals surface area contributed by atoms with E-state index < -0.39 is 53.8 Å². The van der Waals surface area contributed by atoms with Crippen LogP contribution in [0.25, 0.3) is 0 Å². The highest BCUT2D eigenvalue weighted by atomic mass is 32.2. The fourth-order valence-corrected chi connectivity index (χ4v) is 8.54. The van der Waals surface area contributed by atoms with Gasteiger partial charge in [0.05, 0.1) is 32.8 Å². The van der Waals surface area contributed by atoms with E-state index in [9.17, 15) is 34.8 Å². The van der Waals surface area contributed by atoms with Crippen LogP contribution in [-0.2, 0) is 29.5 Å². The van der Waals surface area contributed by atoms with Crippen LogP contribution < -0.4 is 20.1 Å². The zero-order valence-corrected chi connectivity index (χ0v) is 21.8. The molecule has 2 heterocycles. The number of sulfone groups is 3. The molecule has 15 heteroatoms. The summed E-state index contributed by atoms with van der Waals surface area (Å²) in [6.07, 6.45) is -1.08. The van der Waals surface area contributed by atoms with E-state index in [0.717, 1.165) is 0 Å².